The average molecular weight is 395 g/mol. The van der Waals surface area contributed by atoms with Gasteiger partial charge in [0.15, 0.2) is 17.0 Å². The molecule has 0 fully saturated rings. The number of ketones is 2. The number of nitrogens with zero attached hydrogens (tertiary/aromatic N) is 1. The van der Waals surface area contributed by atoms with E-state index in [-0.39, 0.29) is 13.2 Å². The van der Waals surface area contributed by atoms with Gasteiger partial charge in [0.2, 0.25) is 11.6 Å². The molecule has 0 aromatic heterocycles. The number of amides is 1. The summed E-state index contributed by atoms with van der Waals surface area (Å²) in [6, 6.07) is 10.0. The van der Waals surface area contributed by atoms with Crippen LogP contribution in [0.2, 0.25) is 0 Å². The summed E-state index contributed by atoms with van der Waals surface area (Å²) in [5.41, 5.74) is -0.00878. The summed E-state index contributed by atoms with van der Waals surface area (Å²) >= 11 is 0. The van der Waals surface area contributed by atoms with E-state index < -0.39 is 23.2 Å². The summed E-state index contributed by atoms with van der Waals surface area (Å²) in [6.07, 6.45) is -0.241. The number of benzene rings is 2. The van der Waals surface area contributed by atoms with Crippen LogP contribution in [0.3, 0.4) is 0 Å². The first-order chi connectivity index (χ1) is 14.0. The normalized spacial score (nSPS) is 16.4. The van der Waals surface area contributed by atoms with Crippen LogP contribution in [0.5, 0.6) is 11.5 Å². The van der Waals surface area contributed by atoms with Crippen molar-refractivity contribution in [2.24, 2.45) is 0 Å². The van der Waals surface area contributed by atoms with Crippen molar-refractivity contribution in [2.75, 3.05) is 27.4 Å². The zero-order valence-corrected chi connectivity index (χ0v) is 16.5. The molecule has 1 aliphatic carbocycles. The summed E-state index contributed by atoms with van der Waals surface area (Å²) in [5.74, 6) is 0.0212. The topological polar surface area (TPSA) is 82.1 Å². The Bertz CT molecular complexity index is 993. The smallest absolute Gasteiger partial charge is 0.411 e. The van der Waals surface area contributed by atoms with Crippen molar-refractivity contribution in [1.82, 2.24) is 4.90 Å². The highest BCUT2D eigenvalue weighted by Gasteiger charge is 2.62. The van der Waals surface area contributed by atoms with Crippen LogP contribution in [-0.2, 0) is 16.7 Å². The molecule has 2 aromatic carbocycles. The van der Waals surface area contributed by atoms with Gasteiger partial charge >= 0.3 is 6.09 Å². The second-order valence-corrected chi connectivity index (χ2v) is 6.88. The van der Waals surface area contributed by atoms with Crippen LogP contribution in [0.1, 0.15) is 38.8 Å². The molecule has 2 aliphatic rings. The fourth-order valence-corrected chi connectivity index (χ4v) is 4.30. The minimum absolute atomic E-state index is 0.138. The Morgan fingerprint density at radius 2 is 1.62 bits per heavy atom. The van der Waals surface area contributed by atoms with E-state index in [1.54, 1.807) is 43.3 Å². The van der Waals surface area contributed by atoms with E-state index in [1.807, 2.05) is 0 Å². The molecular weight excluding hydrogens is 374 g/mol. The van der Waals surface area contributed by atoms with Crippen molar-refractivity contribution in [3.05, 3.63) is 58.7 Å². The predicted octanol–water partition coefficient (Wildman–Crippen LogP) is 2.99. The molecule has 0 radical (unpaired) electrons. The highest BCUT2D eigenvalue weighted by Crippen LogP contribution is 2.48. The lowest BCUT2D eigenvalue weighted by atomic mass is 9.76. The number of rotatable bonds is 3. The number of hydrogen-bond donors (Lipinski definition) is 0. The Kier molecular flexibility index (Phi) is 4.53. The van der Waals surface area contributed by atoms with Gasteiger partial charge in [0, 0.05) is 23.2 Å². The molecule has 1 spiro atoms. The lowest BCUT2D eigenvalue weighted by Gasteiger charge is -2.42. The molecule has 0 bridgehead atoms. The van der Waals surface area contributed by atoms with E-state index in [4.69, 9.17) is 14.2 Å². The number of fused-ring (bicyclic) bond motifs is 3. The molecule has 29 heavy (non-hydrogen) atoms. The molecule has 7 heteroatoms. The van der Waals surface area contributed by atoms with Gasteiger partial charge in [0.05, 0.1) is 20.8 Å². The fraction of sp³-hybridized carbons (Fsp3) is 0.318. The third kappa shape index (κ3) is 2.46. The predicted molar refractivity (Wildman–Crippen MR) is 104 cm³/mol. The summed E-state index contributed by atoms with van der Waals surface area (Å²) in [6.45, 7) is 2.00. The number of methoxy groups -OCH3 is 2. The van der Waals surface area contributed by atoms with E-state index in [0.29, 0.717) is 34.6 Å². The molecule has 1 aliphatic heterocycles. The molecule has 0 atom stereocenters. The molecule has 0 unspecified atom stereocenters. The van der Waals surface area contributed by atoms with Gasteiger partial charge < -0.3 is 14.2 Å². The maximum atomic E-state index is 13.7. The number of carbonyl (C=O) groups is 3. The van der Waals surface area contributed by atoms with Gasteiger partial charge in [0.1, 0.15) is 0 Å². The van der Waals surface area contributed by atoms with Crippen LogP contribution in [0, 0.1) is 0 Å². The van der Waals surface area contributed by atoms with Crippen LogP contribution < -0.4 is 9.47 Å². The Labute approximate surface area is 168 Å². The van der Waals surface area contributed by atoms with Gasteiger partial charge in [-0.15, -0.1) is 0 Å². The molecule has 1 heterocycles. The van der Waals surface area contributed by atoms with Crippen LogP contribution in [-0.4, -0.2) is 49.9 Å². The van der Waals surface area contributed by atoms with Gasteiger partial charge in [-0.2, -0.15) is 0 Å². The first kappa shape index (κ1) is 19.0. The minimum Gasteiger partial charge on any atom is -0.493 e. The third-order valence-corrected chi connectivity index (χ3v) is 5.57. The fourth-order valence-electron chi connectivity index (χ4n) is 4.30. The van der Waals surface area contributed by atoms with Crippen LogP contribution in [0.4, 0.5) is 4.79 Å². The van der Waals surface area contributed by atoms with E-state index in [2.05, 4.69) is 0 Å². The SMILES string of the molecule is CCOC(=O)N1CCc2cc(OC)c(OC)cc2C12C(=O)c1ccccc1C2=O. The van der Waals surface area contributed by atoms with Crippen molar-refractivity contribution in [3.63, 3.8) is 0 Å². The van der Waals surface area contributed by atoms with E-state index >= 15 is 0 Å². The molecule has 0 saturated heterocycles. The van der Waals surface area contributed by atoms with Crippen molar-refractivity contribution >= 4 is 17.7 Å². The van der Waals surface area contributed by atoms with Crippen LogP contribution in [0.15, 0.2) is 36.4 Å². The highest BCUT2D eigenvalue weighted by atomic mass is 16.6. The maximum absolute atomic E-state index is 13.7. The van der Waals surface area contributed by atoms with Crippen molar-refractivity contribution in [3.8, 4) is 11.5 Å². The number of ether oxygens (including phenoxy) is 3. The summed E-state index contributed by atoms with van der Waals surface area (Å²) < 4.78 is 16.0. The second-order valence-electron chi connectivity index (χ2n) is 6.88. The molecular formula is C22H21NO6. The number of carbonyl (C=O) groups excluding carboxylic acids is 3. The van der Waals surface area contributed by atoms with Gasteiger partial charge in [-0.1, -0.05) is 24.3 Å². The second kappa shape index (κ2) is 6.92. The lowest BCUT2D eigenvalue weighted by Crippen LogP contribution is -2.59. The largest absolute Gasteiger partial charge is 0.493 e. The zero-order chi connectivity index (χ0) is 20.8. The Morgan fingerprint density at radius 1 is 1.03 bits per heavy atom. The molecule has 4 rings (SSSR count). The molecule has 2 aromatic rings. The van der Waals surface area contributed by atoms with Gasteiger partial charge in [-0.05, 0) is 31.0 Å². The third-order valence-electron chi connectivity index (χ3n) is 5.57. The van der Waals surface area contributed by atoms with E-state index in [0.717, 1.165) is 5.56 Å². The quantitative estimate of drug-likeness (QED) is 0.743. The standard InChI is InChI=1S/C22H21NO6/c1-4-29-21(26)23-10-9-13-11-17(27-2)18(28-3)12-16(13)22(23)19(24)14-7-5-6-8-15(14)20(22)25/h5-8,11-12H,4,9-10H2,1-3H3. The van der Waals surface area contributed by atoms with Gasteiger partial charge in [-0.3, -0.25) is 14.5 Å². The average Bonchev–Trinajstić information content (AvgIpc) is 2.96. The Balaban J connectivity index is 2.02. The molecule has 150 valence electrons. The lowest BCUT2D eigenvalue weighted by molar-refractivity contribution is 0.0357. The monoisotopic (exact) mass is 395 g/mol. The van der Waals surface area contributed by atoms with Crippen LogP contribution >= 0.6 is 0 Å². The van der Waals surface area contributed by atoms with Crippen LogP contribution in [0.25, 0.3) is 0 Å². The van der Waals surface area contributed by atoms with Crippen molar-refractivity contribution < 1.29 is 28.6 Å². The minimum atomic E-state index is -1.80. The van der Waals surface area contributed by atoms with E-state index in [9.17, 15) is 14.4 Å². The number of Topliss-reactive ketones (excluding diaryl/α,β-unsaturated/α-hetero) is 2. The molecule has 0 N–H and O–H groups in total. The maximum Gasteiger partial charge on any atom is 0.411 e. The molecule has 7 nitrogen and oxygen atoms in total. The summed E-state index contributed by atoms with van der Waals surface area (Å²) in [4.78, 5) is 41.4. The molecule has 1 amide bonds. The first-order valence-electron chi connectivity index (χ1n) is 9.39. The van der Waals surface area contributed by atoms with Gasteiger partial charge in [-0.25, -0.2) is 4.79 Å². The first-order valence-corrected chi connectivity index (χ1v) is 9.39. The van der Waals surface area contributed by atoms with Gasteiger partial charge in [0.25, 0.3) is 0 Å². The Hall–Kier alpha value is -3.35. The highest BCUT2D eigenvalue weighted by molar-refractivity contribution is 6.33. The van der Waals surface area contributed by atoms with Crippen molar-refractivity contribution in [2.45, 2.75) is 18.9 Å². The summed E-state index contributed by atoms with van der Waals surface area (Å²) in [5, 5.41) is 0. The summed E-state index contributed by atoms with van der Waals surface area (Å²) in [7, 11) is 3.01. The van der Waals surface area contributed by atoms with Crippen molar-refractivity contribution in [1.29, 1.82) is 0 Å². The van der Waals surface area contributed by atoms with E-state index in [1.165, 1.54) is 19.1 Å². The Morgan fingerprint density at radius 3 is 2.17 bits per heavy atom. The molecule has 0 saturated carbocycles. The number of hydrogen-bond acceptors (Lipinski definition) is 6. The zero-order valence-electron chi connectivity index (χ0n) is 16.5.